The molecular weight excluding hydrogens is 191 g/mol. The summed E-state index contributed by atoms with van der Waals surface area (Å²) in [4.78, 5) is 0. The third-order valence-electron chi connectivity index (χ3n) is 2.38. The van der Waals surface area contributed by atoms with Gasteiger partial charge in [0.15, 0.2) is 0 Å². The van der Waals surface area contributed by atoms with E-state index in [1.807, 2.05) is 0 Å². The van der Waals surface area contributed by atoms with Crippen molar-refractivity contribution < 1.29 is 4.39 Å². The van der Waals surface area contributed by atoms with Crippen molar-refractivity contribution in [2.45, 2.75) is 32.7 Å². The van der Waals surface area contributed by atoms with Gasteiger partial charge in [0.05, 0.1) is 0 Å². The predicted octanol–water partition coefficient (Wildman–Crippen LogP) is 2.89. The van der Waals surface area contributed by atoms with Gasteiger partial charge in [0.25, 0.3) is 0 Å². The minimum Gasteiger partial charge on any atom is -0.385 e. The third kappa shape index (κ3) is 3.88. The molecule has 0 heterocycles. The summed E-state index contributed by atoms with van der Waals surface area (Å²) in [6.45, 7) is 3.46. The highest BCUT2D eigenvalue weighted by Gasteiger charge is 2.01. The lowest BCUT2D eigenvalue weighted by atomic mass is 10.1. The van der Waals surface area contributed by atoms with E-state index in [4.69, 9.17) is 5.73 Å². The normalized spacial score (nSPS) is 10.3. The molecule has 3 heteroatoms. The fourth-order valence-electron chi connectivity index (χ4n) is 1.50. The number of rotatable bonds is 6. The van der Waals surface area contributed by atoms with Crippen molar-refractivity contribution in [1.82, 2.24) is 0 Å². The summed E-state index contributed by atoms with van der Waals surface area (Å²) >= 11 is 0. The second-order valence-electron chi connectivity index (χ2n) is 3.64. The first-order valence-corrected chi connectivity index (χ1v) is 5.50. The van der Waals surface area contributed by atoms with Gasteiger partial charge in [-0.15, -0.1) is 0 Å². The highest BCUT2D eigenvalue weighted by Crippen LogP contribution is 2.16. The van der Waals surface area contributed by atoms with Crippen LogP contribution in [0.25, 0.3) is 0 Å². The molecule has 2 nitrogen and oxygen atoms in total. The third-order valence-corrected chi connectivity index (χ3v) is 2.38. The van der Waals surface area contributed by atoms with E-state index in [9.17, 15) is 4.39 Å². The molecule has 3 N–H and O–H groups in total. The average molecular weight is 210 g/mol. The highest BCUT2D eigenvalue weighted by molar-refractivity contribution is 5.51. The first-order valence-electron chi connectivity index (χ1n) is 5.50. The van der Waals surface area contributed by atoms with Crippen LogP contribution in [-0.2, 0) is 6.54 Å². The smallest absolute Gasteiger partial charge is 0.123 e. The van der Waals surface area contributed by atoms with E-state index in [0.29, 0.717) is 6.54 Å². The molecule has 0 atom stereocenters. The Morgan fingerprint density at radius 3 is 2.80 bits per heavy atom. The highest BCUT2D eigenvalue weighted by atomic mass is 19.1. The van der Waals surface area contributed by atoms with Crippen LogP contribution < -0.4 is 11.1 Å². The molecule has 0 radical (unpaired) electrons. The van der Waals surface area contributed by atoms with Gasteiger partial charge in [-0.25, -0.2) is 4.39 Å². The molecule has 0 aromatic heterocycles. The Bertz CT molecular complexity index is 300. The second kappa shape index (κ2) is 6.40. The molecule has 0 saturated heterocycles. The quantitative estimate of drug-likeness (QED) is 0.708. The predicted molar refractivity (Wildman–Crippen MR) is 62.3 cm³/mol. The number of nitrogens with one attached hydrogen (secondary N) is 1. The molecule has 84 valence electrons. The maximum absolute atomic E-state index is 12.9. The van der Waals surface area contributed by atoms with Crippen molar-refractivity contribution >= 4 is 5.69 Å². The summed E-state index contributed by atoms with van der Waals surface area (Å²) < 4.78 is 12.9. The Hall–Kier alpha value is -1.09. The van der Waals surface area contributed by atoms with Crippen LogP contribution in [-0.4, -0.2) is 6.54 Å². The molecule has 0 aliphatic carbocycles. The average Bonchev–Trinajstić information content (AvgIpc) is 2.26. The minimum absolute atomic E-state index is 0.227. The second-order valence-corrected chi connectivity index (χ2v) is 3.64. The molecule has 0 fully saturated rings. The van der Waals surface area contributed by atoms with E-state index in [2.05, 4.69) is 12.2 Å². The van der Waals surface area contributed by atoms with Crippen LogP contribution in [0.1, 0.15) is 31.7 Å². The number of anilines is 1. The molecule has 0 aliphatic rings. The van der Waals surface area contributed by atoms with Crippen LogP contribution in [0.5, 0.6) is 0 Å². The van der Waals surface area contributed by atoms with Crippen LogP contribution in [0, 0.1) is 5.82 Å². The summed E-state index contributed by atoms with van der Waals surface area (Å²) in [7, 11) is 0. The number of hydrogen-bond donors (Lipinski definition) is 2. The van der Waals surface area contributed by atoms with E-state index in [-0.39, 0.29) is 5.82 Å². The fourth-order valence-corrected chi connectivity index (χ4v) is 1.50. The first-order chi connectivity index (χ1) is 7.27. The molecule has 0 amide bonds. The zero-order valence-corrected chi connectivity index (χ0v) is 9.22. The topological polar surface area (TPSA) is 38.0 Å². The fraction of sp³-hybridized carbons (Fsp3) is 0.500. The Kier molecular flexibility index (Phi) is 5.12. The number of hydrogen-bond acceptors (Lipinski definition) is 2. The molecule has 0 unspecified atom stereocenters. The summed E-state index contributed by atoms with van der Waals surface area (Å²) in [5, 5.41) is 3.28. The van der Waals surface area contributed by atoms with Gasteiger partial charge >= 0.3 is 0 Å². The van der Waals surface area contributed by atoms with E-state index < -0.39 is 0 Å². The van der Waals surface area contributed by atoms with Gasteiger partial charge in [0.1, 0.15) is 5.82 Å². The molecule has 0 spiro atoms. The number of nitrogens with two attached hydrogens (primary N) is 1. The summed E-state index contributed by atoms with van der Waals surface area (Å²) in [5.41, 5.74) is 7.34. The van der Waals surface area contributed by atoms with Crippen LogP contribution in [0.4, 0.5) is 10.1 Å². The van der Waals surface area contributed by atoms with Crippen LogP contribution >= 0.6 is 0 Å². The Labute approximate surface area is 90.7 Å². The van der Waals surface area contributed by atoms with E-state index in [1.54, 1.807) is 6.07 Å². The molecule has 15 heavy (non-hydrogen) atoms. The van der Waals surface area contributed by atoms with Crippen molar-refractivity contribution in [3.8, 4) is 0 Å². The van der Waals surface area contributed by atoms with Gasteiger partial charge in [0, 0.05) is 18.8 Å². The van der Waals surface area contributed by atoms with Crippen molar-refractivity contribution in [3.05, 3.63) is 29.6 Å². The number of halogens is 1. The molecule has 1 aromatic rings. The first kappa shape index (κ1) is 12.0. The lowest BCUT2D eigenvalue weighted by molar-refractivity contribution is 0.625. The summed E-state index contributed by atoms with van der Waals surface area (Å²) in [6.07, 6.45) is 3.55. The zero-order chi connectivity index (χ0) is 11.1. The largest absolute Gasteiger partial charge is 0.385 e. The molecule has 1 rings (SSSR count). The van der Waals surface area contributed by atoms with Gasteiger partial charge in [0.2, 0.25) is 0 Å². The standard InChI is InChI=1S/C12H19FN2/c1-2-3-4-7-15-12-6-5-11(13)8-10(12)9-14/h5-6,8,15H,2-4,7,9,14H2,1H3. The van der Waals surface area contributed by atoms with Crippen molar-refractivity contribution in [2.75, 3.05) is 11.9 Å². The Balaban J connectivity index is 2.52. The van der Waals surface area contributed by atoms with Crippen molar-refractivity contribution in [2.24, 2.45) is 5.73 Å². The van der Waals surface area contributed by atoms with Gasteiger partial charge in [-0.1, -0.05) is 19.8 Å². The molecule has 0 aliphatic heterocycles. The summed E-state index contributed by atoms with van der Waals surface area (Å²) in [6, 6.07) is 4.70. The number of benzene rings is 1. The van der Waals surface area contributed by atoms with Crippen LogP contribution in [0.15, 0.2) is 18.2 Å². The summed E-state index contributed by atoms with van der Waals surface area (Å²) in [5.74, 6) is -0.227. The van der Waals surface area contributed by atoms with E-state index in [0.717, 1.165) is 24.2 Å². The molecule has 0 bridgehead atoms. The molecule has 0 saturated carbocycles. The Morgan fingerprint density at radius 2 is 2.13 bits per heavy atom. The lowest BCUT2D eigenvalue weighted by Gasteiger charge is -2.10. The Morgan fingerprint density at radius 1 is 1.33 bits per heavy atom. The van der Waals surface area contributed by atoms with Gasteiger partial charge in [-0.2, -0.15) is 0 Å². The molecule has 1 aromatic carbocycles. The van der Waals surface area contributed by atoms with E-state index in [1.165, 1.54) is 25.0 Å². The lowest BCUT2D eigenvalue weighted by Crippen LogP contribution is -2.07. The van der Waals surface area contributed by atoms with Crippen LogP contribution in [0.3, 0.4) is 0 Å². The van der Waals surface area contributed by atoms with Crippen molar-refractivity contribution in [1.29, 1.82) is 0 Å². The van der Waals surface area contributed by atoms with Gasteiger partial charge in [-0.05, 0) is 30.2 Å². The van der Waals surface area contributed by atoms with Crippen LogP contribution in [0.2, 0.25) is 0 Å². The zero-order valence-electron chi connectivity index (χ0n) is 9.22. The minimum atomic E-state index is -0.227. The number of unbranched alkanes of at least 4 members (excludes halogenated alkanes) is 2. The monoisotopic (exact) mass is 210 g/mol. The van der Waals surface area contributed by atoms with Crippen molar-refractivity contribution in [3.63, 3.8) is 0 Å². The SMILES string of the molecule is CCCCCNc1ccc(F)cc1CN. The van der Waals surface area contributed by atoms with Gasteiger partial charge in [-0.3, -0.25) is 0 Å². The maximum atomic E-state index is 12.9. The maximum Gasteiger partial charge on any atom is 0.123 e. The van der Waals surface area contributed by atoms with E-state index >= 15 is 0 Å². The van der Waals surface area contributed by atoms with Gasteiger partial charge < -0.3 is 11.1 Å². The molecular formula is C12H19FN2.